The number of quaternary nitrogens is 1. The van der Waals surface area contributed by atoms with E-state index in [1.165, 1.54) is 21.9 Å². The summed E-state index contributed by atoms with van der Waals surface area (Å²) in [4.78, 5) is 20.3. The molecule has 1 aromatic carbocycles. The van der Waals surface area contributed by atoms with Crippen molar-refractivity contribution < 1.29 is 23.9 Å². The summed E-state index contributed by atoms with van der Waals surface area (Å²) < 4.78 is 21.2. The summed E-state index contributed by atoms with van der Waals surface area (Å²) in [5, 5.41) is 15.0. The molecule has 1 amide bonds. The molecule has 154 valence electrons. The van der Waals surface area contributed by atoms with Crippen LogP contribution in [0.2, 0.25) is 0 Å². The molecule has 0 saturated carbocycles. The van der Waals surface area contributed by atoms with Crippen molar-refractivity contribution in [1.82, 2.24) is 19.5 Å². The highest BCUT2D eigenvalue weighted by atomic mass is 32.1. The molecule has 2 aromatic heterocycles. The number of amides is 1. The molecule has 1 aliphatic rings. The fraction of sp³-hybridized carbons (Fsp3) is 0.421. The average Bonchev–Trinajstić information content (AvgIpc) is 3.22. The first-order valence-corrected chi connectivity index (χ1v) is 10.4. The van der Waals surface area contributed by atoms with Gasteiger partial charge >= 0.3 is 6.09 Å². The lowest BCUT2D eigenvalue weighted by Gasteiger charge is -2.35. The second kappa shape index (κ2) is 7.96. The molecule has 0 radical (unpaired) electrons. The van der Waals surface area contributed by atoms with Crippen molar-refractivity contribution in [2.45, 2.75) is 19.9 Å². The van der Waals surface area contributed by atoms with E-state index in [4.69, 9.17) is 4.74 Å². The van der Waals surface area contributed by atoms with E-state index < -0.39 is 6.04 Å². The maximum Gasteiger partial charge on any atom is 0.410 e. The van der Waals surface area contributed by atoms with Crippen LogP contribution in [0.3, 0.4) is 0 Å². The molecule has 3 heterocycles. The zero-order chi connectivity index (χ0) is 20.5. The second-order valence-corrected chi connectivity index (χ2v) is 7.95. The Morgan fingerprint density at radius 1 is 1.38 bits per heavy atom. The van der Waals surface area contributed by atoms with Gasteiger partial charge in [0.05, 0.1) is 38.3 Å². The van der Waals surface area contributed by atoms with Gasteiger partial charge in [-0.15, -0.1) is 5.10 Å². The molecule has 0 bridgehead atoms. The highest BCUT2D eigenvalue weighted by molar-refractivity contribution is 7.17. The molecule has 0 unspecified atom stereocenters. The number of piperazine rings is 1. The third kappa shape index (κ3) is 3.65. The van der Waals surface area contributed by atoms with E-state index in [1.807, 2.05) is 0 Å². The standard InChI is InChI=1S/C19H22FN5O3S/c1-3-28-19(27)24-10-8-23(9-11-24)15(13-6-4-5-7-14(13)20)16-17(26)25-18(29-16)21-12(2)22-25/h4-7,15,26H,3,8-11H2,1-2H3/p+1/t15-/m1/s1. The molecule has 0 aliphatic carbocycles. The highest BCUT2D eigenvalue weighted by Gasteiger charge is 2.37. The first-order chi connectivity index (χ1) is 14.0. The number of aryl methyl sites for hydroxylation is 1. The smallest absolute Gasteiger partial charge is 0.410 e. The van der Waals surface area contributed by atoms with Crippen LogP contribution in [0.15, 0.2) is 24.3 Å². The zero-order valence-electron chi connectivity index (χ0n) is 16.3. The number of carbonyl (C=O) groups is 1. The summed E-state index contributed by atoms with van der Waals surface area (Å²) in [6.07, 6.45) is -0.328. The van der Waals surface area contributed by atoms with Gasteiger partial charge in [0.1, 0.15) is 16.5 Å². The number of aromatic hydroxyl groups is 1. The lowest BCUT2D eigenvalue weighted by Crippen LogP contribution is -3.15. The van der Waals surface area contributed by atoms with E-state index in [-0.39, 0.29) is 17.8 Å². The number of carbonyl (C=O) groups excluding carboxylic acids is 1. The number of rotatable bonds is 4. The van der Waals surface area contributed by atoms with Crippen molar-refractivity contribution in [3.8, 4) is 5.88 Å². The Kier molecular flexibility index (Phi) is 5.37. The van der Waals surface area contributed by atoms with Crippen molar-refractivity contribution in [1.29, 1.82) is 0 Å². The minimum atomic E-state index is -0.422. The topological polar surface area (TPSA) is 84.4 Å². The van der Waals surface area contributed by atoms with Crippen LogP contribution in [0.4, 0.5) is 9.18 Å². The fourth-order valence-corrected chi connectivity index (χ4v) is 4.95. The van der Waals surface area contributed by atoms with E-state index in [2.05, 4.69) is 10.1 Å². The number of halogens is 1. The van der Waals surface area contributed by atoms with E-state index in [1.54, 1.807) is 36.9 Å². The monoisotopic (exact) mass is 420 g/mol. The Hall–Kier alpha value is -2.72. The van der Waals surface area contributed by atoms with Gasteiger partial charge < -0.3 is 14.7 Å². The molecule has 1 atom stereocenters. The molecule has 8 nitrogen and oxygen atoms in total. The molecule has 29 heavy (non-hydrogen) atoms. The van der Waals surface area contributed by atoms with Crippen LogP contribution in [0.25, 0.3) is 4.96 Å². The zero-order valence-corrected chi connectivity index (χ0v) is 17.1. The predicted octanol–water partition coefficient (Wildman–Crippen LogP) is 1.39. The molecular weight excluding hydrogens is 397 g/mol. The van der Waals surface area contributed by atoms with E-state index in [0.29, 0.717) is 54.0 Å². The average molecular weight is 420 g/mol. The van der Waals surface area contributed by atoms with Crippen LogP contribution in [0, 0.1) is 12.7 Å². The van der Waals surface area contributed by atoms with Gasteiger partial charge in [-0.2, -0.15) is 4.52 Å². The van der Waals surface area contributed by atoms with Gasteiger partial charge in [0.15, 0.2) is 6.04 Å². The number of hydrogen-bond donors (Lipinski definition) is 2. The number of hydrogen-bond acceptors (Lipinski definition) is 6. The lowest BCUT2D eigenvalue weighted by molar-refractivity contribution is -0.929. The first-order valence-electron chi connectivity index (χ1n) is 9.55. The van der Waals surface area contributed by atoms with Crippen molar-refractivity contribution in [2.24, 2.45) is 0 Å². The van der Waals surface area contributed by atoms with Crippen LogP contribution >= 0.6 is 11.3 Å². The van der Waals surface area contributed by atoms with Crippen LogP contribution in [0.5, 0.6) is 5.88 Å². The van der Waals surface area contributed by atoms with Crippen LogP contribution in [-0.4, -0.2) is 63.5 Å². The van der Waals surface area contributed by atoms with Crippen molar-refractivity contribution >= 4 is 22.4 Å². The number of nitrogens with one attached hydrogen (secondary N) is 1. The van der Waals surface area contributed by atoms with Gasteiger partial charge in [-0.1, -0.05) is 23.5 Å². The molecule has 10 heteroatoms. The van der Waals surface area contributed by atoms with Gasteiger partial charge in [-0.05, 0) is 26.0 Å². The number of benzene rings is 1. The van der Waals surface area contributed by atoms with Crippen molar-refractivity contribution in [2.75, 3.05) is 32.8 Å². The molecule has 2 N–H and O–H groups in total. The van der Waals surface area contributed by atoms with Gasteiger partial charge in [0.2, 0.25) is 10.8 Å². The van der Waals surface area contributed by atoms with Gasteiger partial charge in [-0.25, -0.2) is 14.2 Å². The number of thiazole rings is 1. The number of aromatic nitrogens is 3. The number of fused-ring (bicyclic) bond motifs is 1. The summed E-state index contributed by atoms with van der Waals surface area (Å²) in [6, 6.07) is 6.18. The first kappa shape index (κ1) is 19.6. The number of ether oxygens (including phenoxy) is 1. The molecule has 0 spiro atoms. The van der Waals surface area contributed by atoms with Crippen LogP contribution in [0.1, 0.15) is 29.2 Å². The molecular formula is C19H23FN5O3S+. The van der Waals surface area contributed by atoms with Gasteiger partial charge in [0.25, 0.3) is 0 Å². The predicted molar refractivity (Wildman–Crippen MR) is 105 cm³/mol. The molecule has 1 fully saturated rings. The van der Waals surface area contributed by atoms with Crippen molar-refractivity contribution in [3.63, 3.8) is 0 Å². The summed E-state index contributed by atoms with van der Waals surface area (Å²) in [5.74, 6) is 0.225. The SMILES string of the molecule is CCOC(=O)N1CC[NH+]([C@H](c2ccccc2F)c2sc3nc(C)nn3c2O)CC1. The summed E-state index contributed by atoms with van der Waals surface area (Å²) in [5.41, 5.74) is 0.503. The molecule has 1 saturated heterocycles. The lowest BCUT2D eigenvalue weighted by atomic mass is 10.0. The molecule has 4 rings (SSSR count). The fourth-order valence-electron chi connectivity index (χ4n) is 3.77. The normalized spacial score (nSPS) is 16.3. The van der Waals surface area contributed by atoms with Crippen LogP contribution in [-0.2, 0) is 4.74 Å². The maximum absolute atomic E-state index is 14.7. The van der Waals surface area contributed by atoms with Crippen molar-refractivity contribution in [3.05, 3.63) is 46.3 Å². The third-order valence-electron chi connectivity index (χ3n) is 5.12. The minimum Gasteiger partial charge on any atom is -0.492 e. The summed E-state index contributed by atoms with van der Waals surface area (Å²) in [7, 11) is 0. The highest BCUT2D eigenvalue weighted by Crippen LogP contribution is 2.35. The Bertz CT molecular complexity index is 1030. The second-order valence-electron chi connectivity index (χ2n) is 6.94. The van der Waals surface area contributed by atoms with E-state index >= 15 is 0 Å². The Labute approximate surface area is 171 Å². The summed E-state index contributed by atoms with van der Waals surface area (Å²) >= 11 is 1.31. The van der Waals surface area contributed by atoms with Crippen LogP contribution < -0.4 is 4.90 Å². The Morgan fingerprint density at radius 2 is 2.10 bits per heavy atom. The number of nitrogens with zero attached hydrogens (tertiary/aromatic N) is 4. The maximum atomic E-state index is 14.7. The molecule has 3 aromatic rings. The Morgan fingerprint density at radius 3 is 2.76 bits per heavy atom. The quantitative estimate of drug-likeness (QED) is 0.667. The van der Waals surface area contributed by atoms with E-state index in [0.717, 1.165) is 4.90 Å². The molecule has 1 aliphatic heterocycles. The summed E-state index contributed by atoms with van der Waals surface area (Å²) in [6.45, 7) is 6.07. The van der Waals surface area contributed by atoms with E-state index in [9.17, 15) is 14.3 Å². The Balaban J connectivity index is 1.69. The minimum absolute atomic E-state index is 0.0147. The largest absolute Gasteiger partial charge is 0.492 e. The third-order valence-corrected chi connectivity index (χ3v) is 6.21. The van der Waals surface area contributed by atoms with Gasteiger partial charge in [0, 0.05) is 0 Å². The van der Waals surface area contributed by atoms with Gasteiger partial charge in [-0.3, -0.25) is 4.90 Å².